The smallest absolute Gasteiger partial charge is 0.309 e. The van der Waals surface area contributed by atoms with Gasteiger partial charge in [-0.3, -0.25) is 14.4 Å². The fourth-order valence-electron chi connectivity index (χ4n) is 4.92. The molecule has 3 atom stereocenters. The Kier molecular flexibility index (Phi) is 6.85. The van der Waals surface area contributed by atoms with Crippen LogP contribution in [0.15, 0.2) is 60.7 Å². The average Bonchev–Trinajstić information content (AvgIpc) is 3.37. The summed E-state index contributed by atoms with van der Waals surface area (Å²) in [6.07, 6.45) is 2.21. The highest BCUT2D eigenvalue weighted by Crippen LogP contribution is 2.32. The van der Waals surface area contributed by atoms with Gasteiger partial charge in [-0.25, -0.2) is 0 Å². The first-order valence-corrected chi connectivity index (χ1v) is 11.2. The number of nitrogens with one attached hydrogen (secondary N) is 1. The number of amides is 3. The Balaban J connectivity index is 1.32. The lowest BCUT2D eigenvalue weighted by Crippen LogP contribution is -2.46. The van der Waals surface area contributed by atoms with Crippen LogP contribution < -0.4 is 11.1 Å². The maximum absolute atomic E-state index is 13.3. The Labute approximate surface area is 188 Å². The topological polar surface area (TPSA) is 95.7 Å². The summed E-state index contributed by atoms with van der Waals surface area (Å²) in [5.74, 6) is -1.34. The number of hydrogen-bond acceptors (Lipinski definition) is 4. The van der Waals surface area contributed by atoms with Crippen molar-refractivity contribution in [3.8, 4) is 0 Å². The van der Waals surface area contributed by atoms with Crippen LogP contribution in [0.1, 0.15) is 23.6 Å². The van der Waals surface area contributed by atoms with E-state index in [0.717, 1.165) is 32.5 Å². The summed E-state index contributed by atoms with van der Waals surface area (Å²) >= 11 is 0. The van der Waals surface area contributed by atoms with E-state index in [0.29, 0.717) is 30.5 Å². The van der Waals surface area contributed by atoms with Crippen LogP contribution in [0.5, 0.6) is 0 Å². The Hall–Kier alpha value is -3.19. The van der Waals surface area contributed by atoms with Crippen LogP contribution in [-0.4, -0.2) is 60.2 Å². The van der Waals surface area contributed by atoms with Gasteiger partial charge in [0.05, 0.1) is 0 Å². The second kappa shape index (κ2) is 9.96. The standard InChI is InChI=1S/C25H30N4O3/c26-23(30)24(31)27-22(19-11-5-2-6-12-19)25(32)29-16-20-14-28(15-21(20)17-29)13-7-10-18-8-3-1-4-9-18/h1-6,8-9,11-12,20-22H,7,10,13-17H2,(H2,26,30)(H,27,31)/t20?,21?,22-/m0/s1. The molecular formula is C25H30N4O3. The zero-order chi connectivity index (χ0) is 22.5. The number of aryl methyl sites for hydroxylation is 1. The third kappa shape index (κ3) is 5.16. The maximum atomic E-state index is 13.3. The number of fused-ring (bicyclic) bond motifs is 1. The van der Waals surface area contributed by atoms with Gasteiger partial charge in [0, 0.05) is 26.2 Å². The second-order valence-corrected chi connectivity index (χ2v) is 8.79. The molecule has 0 saturated carbocycles. The molecule has 2 unspecified atom stereocenters. The second-order valence-electron chi connectivity index (χ2n) is 8.79. The van der Waals surface area contributed by atoms with Gasteiger partial charge in [0.1, 0.15) is 6.04 Å². The number of nitrogens with two attached hydrogens (primary N) is 1. The average molecular weight is 435 g/mol. The molecule has 2 saturated heterocycles. The molecule has 7 heteroatoms. The summed E-state index contributed by atoms with van der Waals surface area (Å²) in [6.45, 7) is 4.40. The maximum Gasteiger partial charge on any atom is 0.309 e. The van der Waals surface area contributed by atoms with Crippen LogP contribution in [0.4, 0.5) is 0 Å². The highest BCUT2D eigenvalue weighted by molar-refractivity contribution is 6.34. The summed E-state index contributed by atoms with van der Waals surface area (Å²) in [7, 11) is 0. The summed E-state index contributed by atoms with van der Waals surface area (Å²) in [5.41, 5.74) is 7.12. The molecule has 3 amide bonds. The number of benzene rings is 2. The molecular weight excluding hydrogens is 404 g/mol. The van der Waals surface area contributed by atoms with E-state index in [4.69, 9.17) is 5.73 Å². The van der Waals surface area contributed by atoms with Crippen molar-refractivity contribution < 1.29 is 14.4 Å². The van der Waals surface area contributed by atoms with Crippen LogP contribution in [0, 0.1) is 11.8 Å². The minimum absolute atomic E-state index is 0.184. The van der Waals surface area contributed by atoms with Gasteiger partial charge in [-0.2, -0.15) is 0 Å². The molecule has 2 fully saturated rings. The summed E-state index contributed by atoms with van der Waals surface area (Å²) in [5, 5.41) is 2.51. The van der Waals surface area contributed by atoms with E-state index >= 15 is 0 Å². The summed E-state index contributed by atoms with van der Waals surface area (Å²) < 4.78 is 0. The Morgan fingerprint density at radius 3 is 2.09 bits per heavy atom. The van der Waals surface area contributed by atoms with E-state index in [2.05, 4.69) is 34.5 Å². The van der Waals surface area contributed by atoms with Crippen molar-refractivity contribution in [2.24, 2.45) is 17.6 Å². The molecule has 0 spiro atoms. The van der Waals surface area contributed by atoms with Gasteiger partial charge in [-0.1, -0.05) is 60.7 Å². The lowest BCUT2D eigenvalue weighted by molar-refractivity contribution is -0.141. The molecule has 0 aliphatic carbocycles. The zero-order valence-electron chi connectivity index (χ0n) is 18.2. The van der Waals surface area contributed by atoms with Gasteiger partial charge >= 0.3 is 11.8 Å². The largest absolute Gasteiger partial charge is 0.361 e. The SMILES string of the molecule is NC(=O)C(=O)N[C@H](C(=O)N1CC2CN(CCCc3ccccc3)CC2C1)c1ccccc1. The fraction of sp³-hybridized carbons (Fsp3) is 0.400. The number of hydrogen-bond donors (Lipinski definition) is 2. The number of nitrogens with zero attached hydrogens (tertiary/aromatic N) is 2. The highest BCUT2D eigenvalue weighted by atomic mass is 16.2. The Morgan fingerprint density at radius 2 is 1.50 bits per heavy atom. The zero-order valence-corrected chi connectivity index (χ0v) is 18.2. The first kappa shape index (κ1) is 22.0. The monoisotopic (exact) mass is 434 g/mol. The number of carbonyl (C=O) groups excluding carboxylic acids is 3. The van der Waals surface area contributed by atoms with E-state index in [1.807, 2.05) is 17.0 Å². The van der Waals surface area contributed by atoms with Crippen molar-refractivity contribution in [3.05, 3.63) is 71.8 Å². The minimum Gasteiger partial charge on any atom is -0.361 e. The molecule has 2 aliphatic rings. The van der Waals surface area contributed by atoms with Gasteiger partial charge < -0.3 is 20.9 Å². The predicted octanol–water partition coefficient (Wildman–Crippen LogP) is 1.35. The molecule has 2 heterocycles. The molecule has 32 heavy (non-hydrogen) atoms. The van der Waals surface area contributed by atoms with E-state index in [1.165, 1.54) is 5.56 Å². The van der Waals surface area contributed by atoms with Gasteiger partial charge in [-0.05, 0) is 42.3 Å². The number of rotatable bonds is 7. The normalized spacial score (nSPS) is 21.2. The lowest BCUT2D eigenvalue weighted by atomic mass is 10.0. The van der Waals surface area contributed by atoms with Crippen LogP contribution in [0.3, 0.4) is 0 Å². The van der Waals surface area contributed by atoms with Crippen molar-refractivity contribution in [1.82, 2.24) is 15.1 Å². The number of primary amides is 1. The molecule has 0 aromatic heterocycles. The predicted molar refractivity (Wildman–Crippen MR) is 121 cm³/mol. The molecule has 168 valence electrons. The van der Waals surface area contributed by atoms with E-state index in [9.17, 15) is 14.4 Å². The Morgan fingerprint density at radius 1 is 0.906 bits per heavy atom. The van der Waals surface area contributed by atoms with Crippen molar-refractivity contribution in [2.75, 3.05) is 32.7 Å². The van der Waals surface area contributed by atoms with Crippen LogP contribution in [0.2, 0.25) is 0 Å². The number of likely N-dealkylation sites (tertiary alicyclic amines) is 2. The van der Waals surface area contributed by atoms with Gasteiger partial charge in [0.25, 0.3) is 0 Å². The van der Waals surface area contributed by atoms with Gasteiger partial charge in [0.2, 0.25) is 5.91 Å². The van der Waals surface area contributed by atoms with Crippen molar-refractivity contribution in [2.45, 2.75) is 18.9 Å². The van der Waals surface area contributed by atoms with Gasteiger partial charge in [-0.15, -0.1) is 0 Å². The van der Waals surface area contributed by atoms with E-state index in [-0.39, 0.29) is 5.91 Å². The quantitative estimate of drug-likeness (QED) is 0.643. The molecule has 3 N–H and O–H groups in total. The summed E-state index contributed by atoms with van der Waals surface area (Å²) in [6, 6.07) is 18.6. The first-order chi connectivity index (χ1) is 15.5. The Bertz CT molecular complexity index is 936. The molecule has 2 aliphatic heterocycles. The lowest BCUT2D eigenvalue weighted by Gasteiger charge is -2.26. The molecule has 7 nitrogen and oxygen atoms in total. The third-order valence-corrected chi connectivity index (χ3v) is 6.54. The van der Waals surface area contributed by atoms with Gasteiger partial charge in [0.15, 0.2) is 0 Å². The molecule has 2 aromatic rings. The summed E-state index contributed by atoms with van der Waals surface area (Å²) in [4.78, 5) is 40.8. The molecule has 2 aromatic carbocycles. The highest BCUT2D eigenvalue weighted by Gasteiger charge is 2.43. The molecule has 0 bridgehead atoms. The first-order valence-electron chi connectivity index (χ1n) is 11.2. The van der Waals surface area contributed by atoms with Crippen molar-refractivity contribution in [3.63, 3.8) is 0 Å². The molecule has 4 rings (SSSR count). The third-order valence-electron chi connectivity index (χ3n) is 6.54. The fourth-order valence-corrected chi connectivity index (χ4v) is 4.92. The van der Waals surface area contributed by atoms with Crippen LogP contribution >= 0.6 is 0 Å². The number of carbonyl (C=O) groups is 3. The van der Waals surface area contributed by atoms with Crippen molar-refractivity contribution >= 4 is 17.7 Å². The molecule has 0 radical (unpaired) electrons. The van der Waals surface area contributed by atoms with Crippen molar-refractivity contribution in [1.29, 1.82) is 0 Å². The van der Waals surface area contributed by atoms with Crippen LogP contribution in [0.25, 0.3) is 0 Å². The minimum atomic E-state index is -1.09. The van der Waals surface area contributed by atoms with E-state index in [1.54, 1.807) is 24.3 Å². The van der Waals surface area contributed by atoms with E-state index < -0.39 is 17.9 Å². The van der Waals surface area contributed by atoms with Crippen LogP contribution in [-0.2, 0) is 20.8 Å².